The summed E-state index contributed by atoms with van der Waals surface area (Å²) in [5.74, 6) is 1.16. The highest BCUT2D eigenvalue weighted by Crippen LogP contribution is 2.34. The van der Waals surface area contributed by atoms with Crippen molar-refractivity contribution in [1.29, 1.82) is 0 Å². The first kappa shape index (κ1) is 12.9. The molecule has 1 atom stereocenters. The van der Waals surface area contributed by atoms with Gasteiger partial charge in [0.05, 0.1) is 19.8 Å². The number of rotatable bonds is 4. The molecular weight excluding hydrogens is 230 g/mol. The number of hydrogen-bond donors (Lipinski definition) is 1. The smallest absolute Gasteiger partial charge is 0.190 e. The average Bonchev–Trinajstić information content (AvgIpc) is 2.85. The molecule has 4 nitrogen and oxygen atoms in total. The summed E-state index contributed by atoms with van der Waals surface area (Å²) in [6.07, 6.45) is 1.85. The molecule has 1 N–H and O–H groups in total. The van der Waals surface area contributed by atoms with E-state index in [1.165, 1.54) is 0 Å². The fourth-order valence-electron chi connectivity index (χ4n) is 2.44. The molecule has 1 aliphatic rings. The maximum Gasteiger partial charge on any atom is 0.190 e. The fourth-order valence-corrected chi connectivity index (χ4v) is 2.44. The van der Waals surface area contributed by atoms with E-state index in [0.29, 0.717) is 17.1 Å². The summed E-state index contributed by atoms with van der Waals surface area (Å²) in [7, 11) is 3.13. The van der Waals surface area contributed by atoms with E-state index < -0.39 is 5.54 Å². The molecule has 1 aliphatic heterocycles. The molecule has 18 heavy (non-hydrogen) atoms. The highest BCUT2D eigenvalue weighted by Gasteiger charge is 2.39. The zero-order valence-electron chi connectivity index (χ0n) is 11.1. The second-order valence-corrected chi connectivity index (χ2v) is 4.73. The van der Waals surface area contributed by atoms with Crippen molar-refractivity contribution < 1.29 is 14.3 Å². The van der Waals surface area contributed by atoms with Crippen molar-refractivity contribution in [2.75, 3.05) is 20.8 Å². The van der Waals surface area contributed by atoms with Crippen molar-refractivity contribution in [3.8, 4) is 11.5 Å². The number of carbonyl (C=O) groups is 1. The van der Waals surface area contributed by atoms with E-state index in [0.717, 1.165) is 19.4 Å². The molecule has 98 valence electrons. The maximum absolute atomic E-state index is 12.7. The second kappa shape index (κ2) is 4.98. The minimum atomic E-state index is -0.512. The van der Waals surface area contributed by atoms with Crippen LogP contribution in [0, 0.1) is 0 Å². The topological polar surface area (TPSA) is 47.6 Å². The van der Waals surface area contributed by atoms with Crippen LogP contribution in [0.3, 0.4) is 0 Å². The molecule has 0 aromatic heterocycles. The number of carbonyl (C=O) groups excluding carboxylic acids is 1. The van der Waals surface area contributed by atoms with Crippen LogP contribution in [0.2, 0.25) is 0 Å². The zero-order valence-corrected chi connectivity index (χ0v) is 11.1. The van der Waals surface area contributed by atoms with Crippen molar-refractivity contribution >= 4 is 5.78 Å². The van der Waals surface area contributed by atoms with Crippen LogP contribution < -0.4 is 14.8 Å². The van der Waals surface area contributed by atoms with Crippen LogP contribution in [0.1, 0.15) is 30.1 Å². The van der Waals surface area contributed by atoms with Crippen LogP contribution in [-0.4, -0.2) is 32.1 Å². The predicted octanol–water partition coefficient (Wildman–Crippen LogP) is 2.03. The maximum atomic E-state index is 12.7. The van der Waals surface area contributed by atoms with Crippen molar-refractivity contribution in [3.05, 3.63) is 23.8 Å². The number of nitrogens with one attached hydrogen (secondary N) is 1. The minimum absolute atomic E-state index is 0.0364. The van der Waals surface area contributed by atoms with E-state index in [1.54, 1.807) is 26.4 Å². The molecule has 0 amide bonds. The van der Waals surface area contributed by atoms with E-state index in [2.05, 4.69) is 5.32 Å². The number of benzene rings is 1. The molecule has 0 saturated carbocycles. The summed E-state index contributed by atoms with van der Waals surface area (Å²) in [6, 6.07) is 5.39. The van der Waals surface area contributed by atoms with Gasteiger partial charge in [-0.25, -0.2) is 0 Å². The standard InChI is InChI=1S/C14H19NO3/c1-14(8-5-9-15-14)13(16)12-10(17-2)6-4-7-11(12)18-3/h4,6-7,15H,5,8-9H2,1-3H3. The SMILES string of the molecule is COc1cccc(OC)c1C(=O)C1(C)CCCN1. The fraction of sp³-hybridized carbons (Fsp3) is 0.500. The lowest BCUT2D eigenvalue weighted by atomic mass is 9.89. The van der Waals surface area contributed by atoms with Crippen LogP contribution in [0.4, 0.5) is 0 Å². The van der Waals surface area contributed by atoms with E-state index >= 15 is 0 Å². The Morgan fingerprint density at radius 3 is 2.33 bits per heavy atom. The van der Waals surface area contributed by atoms with E-state index in [4.69, 9.17) is 9.47 Å². The Kier molecular flexibility index (Phi) is 3.57. The Labute approximate surface area is 107 Å². The van der Waals surface area contributed by atoms with Gasteiger partial charge in [0, 0.05) is 0 Å². The zero-order chi connectivity index (χ0) is 13.2. The van der Waals surface area contributed by atoms with Crippen molar-refractivity contribution in [2.45, 2.75) is 25.3 Å². The Hall–Kier alpha value is -1.55. The van der Waals surface area contributed by atoms with Crippen molar-refractivity contribution in [2.24, 2.45) is 0 Å². The largest absolute Gasteiger partial charge is 0.496 e. The summed E-state index contributed by atoms with van der Waals surface area (Å²) < 4.78 is 10.6. The first-order valence-corrected chi connectivity index (χ1v) is 6.13. The number of methoxy groups -OCH3 is 2. The Bertz CT molecular complexity index is 428. The van der Waals surface area contributed by atoms with E-state index in [-0.39, 0.29) is 5.78 Å². The Balaban J connectivity index is 2.46. The molecule has 1 aromatic rings. The molecule has 0 radical (unpaired) electrons. The summed E-state index contributed by atoms with van der Waals surface area (Å²) in [4.78, 5) is 12.7. The first-order valence-electron chi connectivity index (χ1n) is 6.13. The highest BCUT2D eigenvalue weighted by molar-refractivity contribution is 6.07. The van der Waals surface area contributed by atoms with Crippen molar-refractivity contribution in [3.63, 3.8) is 0 Å². The van der Waals surface area contributed by atoms with Gasteiger partial charge in [-0.15, -0.1) is 0 Å². The van der Waals surface area contributed by atoms with Crippen LogP contribution in [0.25, 0.3) is 0 Å². The van der Waals surface area contributed by atoms with Gasteiger partial charge in [0.2, 0.25) is 0 Å². The lowest BCUT2D eigenvalue weighted by Crippen LogP contribution is -2.44. The van der Waals surface area contributed by atoms with E-state index in [9.17, 15) is 4.79 Å². The predicted molar refractivity (Wildman–Crippen MR) is 69.5 cm³/mol. The monoisotopic (exact) mass is 249 g/mol. The van der Waals surface area contributed by atoms with Crippen LogP contribution in [-0.2, 0) is 0 Å². The van der Waals surface area contributed by atoms with Crippen LogP contribution in [0.5, 0.6) is 11.5 Å². The third-order valence-corrected chi connectivity index (χ3v) is 3.52. The average molecular weight is 249 g/mol. The van der Waals surface area contributed by atoms with Gasteiger partial charge >= 0.3 is 0 Å². The molecule has 0 spiro atoms. The quantitative estimate of drug-likeness (QED) is 0.829. The molecule has 1 saturated heterocycles. The highest BCUT2D eigenvalue weighted by atomic mass is 16.5. The molecular formula is C14H19NO3. The molecule has 4 heteroatoms. The first-order chi connectivity index (χ1) is 8.62. The van der Waals surface area contributed by atoms with Crippen molar-refractivity contribution in [1.82, 2.24) is 5.32 Å². The second-order valence-electron chi connectivity index (χ2n) is 4.73. The third kappa shape index (κ3) is 2.08. The molecule has 1 unspecified atom stereocenters. The van der Waals surface area contributed by atoms with Gasteiger partial charge in [-0.05, 0) is 38.4 Å². The number of Topliss-reactive ketones (excluding diaryl/α,β-unsaturated/α-hetero) is 1. The lowest BCUT2D eigenvalue weighted by molar-refractivity contribution is 0.0877. The van der Waals surface area contributed by atoms with Gasteiger partial charge in [-0.1, -0.05) is 6.07 Å². The Morgan fingerprint density at radius 2 is 1.89 bits per heavy atom. The number of ketones is 1. The van der Waals surface area contributed by atoms with Gasteiger partial charge in [-0.3, -0.25) is 4.79 Å². The van der Waals surface area contributed by atoms with Gasteiger partial charge in [0.15, 0.2) is 5.78 Å². The molecule has 1 fully saturated rings. The van der Waals surface area contributed by atoms with Crippen LogP contribution in [0.15, 0.2) is 18.2 Å². The van der Waals surface area contributed by atoms with Gasteiger partial charge in [0.25, 0.3) is 0 Å². The lowest BCUT2D eigenvalue weighted by Gasteiger charge is -2.24. The normalized spacial score (nSPS) is 22.8. The van der Waals surface area contributed by atoms with Crippen LogP contribution >= 0.6 is 0 Å². The summed E-state index contributed by atoms with van der Waals surface area (Å²) in [5, 5.41) is 3.27. The van der Waals surface area contributed by atoms with Gasteiger partial charge in [-0.2, -0.15) is 0 Å². The third-order valence-electron chi connectivity index (χ3n) is 3.52. The van der Waals surface area contributed by atoms with Gasteiger partial charge < -0.3 is 14.8 Å². The Morgan fingerprint density at radius 1 is 1.28 bits per heavy atom. The number of ether oxygens (including phenoxy) is 2. The minimum Gasteiger partial charge on any atom is -0.496 e. The number of hydrogen-bond acceptors (Lipinski definition) is 4. The molecule has 0 bridgehead atoms. The summed E-state index contributed by atoms with van der Waals surface area (Å²) >= 11 is 0. The molecule has 1 heterocycles. The molecule has 0 aliphatic carbocycles. The molecule has 1 aromatic carbocycles. The van der Waals surface area contributed by atoms with Gasteiger partial charge in [0.1, 0.15) is 17.1 Å². The summed E-state index contributed by atoms with van der Waals surface area (Å²) in [5.41, 5.74) is 0.0152. The van der Waals surface area contributed by atoms with E-state index in [1.807, 2.05) is 13.0 Å². The molecule has 2 rings (SSSR count). The summed E-state index contributed by atoms with van der Waals surface area (Å²) in [6.45, 7) is 2.81.